The monoisotopic (exact) mass is 206 g/mol. The van der Waals surface area contributed by atoms with Crippen molar-refractivity contribution < 1.29 is 9.90 Å². The van der Waals surface area contributed by atoms with Gasteiger partial charge in [0.05, 0.1) is 6.17 Å². The lowest BCUT2D eigenvalue weighted by Gasteiger charge is -2.40. The molecule has 0 fully saturated rings. The van der Waals surface area contributed by atoms with Crippen LogP contribution in [0.5, 0.6) is 0 Å². The Morgan fingerprint density at radius 1 is 1.62 bits per heavy atom. The number of aliphatic carboxylic acids is 1. The molecule has 13 heavy (non-hydrogen) atoms. The fourth-order valence-corrected chi connectivity index (χ4v) is 1.34. The lowest BCUT2D eigenvalue weighted by Crippen LogP contribution is -2.60. The summed E-state index contributed by atoms with van der Waals surface area (Å²) in [6, 6.07) is 0. The largest absolute Gasteiger partial charge is 0.480 e. The number of carboxylic acids is 1. The molecule has 3 N–H and O–H groups in total. The SMILES string of the molecule is CC(N)N(C)C(C)(C(=O)O)C(C)S. The molecule has 3 atom stereocenters. The van der Waals surface area contributed by atoms with Gasteiger partial charge in [0.1, 0.15) is 5.54 Å². The van der Waals surface area contributed by atoms with Crippen LogP contribution < -0.4 is 5.73 Å². The summed E-state index contributed by atoms with van der Waals surface area (Å²) in [5.74, 6) is -0.908. The van der Waals surface area contributed by atoms with Crippen LogP contribution >= 0.6 is 12.6 Å². The number of carbonyl (C=O) groups is 1. The van der Waals surface area contributed by atoms with Crippen LogP contribution in [0.15, 0.2) is 0 Å². The molecule has 0 saturated carbocycles. The van der Waals surface area contributed by atoms with Gasteiger partial charge in [0.15, 0.2) is 0 Å². The number of nitrogens with two attached hydrogens (primary N) is 1. The van der Waals surface area contributed by atoms with Gasteiger partial charge in [-0.05, 0) is 20.9 Å². The van der Waals surface area contributed by atoms with Gasteiger partial charge < -0.3 is 10.8 Å². The minimum atomic E-state index is -1.03. The molecule has 0 rings (SSSR count). The number of carboxylic acid groups (broad SMARTS) is 1. The minimum Gasteiger partial charge on any atom is -0.480 e. The van der Waals surface area contributed by atoms with Gasteiger partial charge in [-0.25, -0.2) is 0 Å². The van der Waals surface area contributed by atoms with Gasteiger partial charge in [0, 0.05) is 5.25 Å². The van der Waals surface area contributed by atoms with Crippen LogP contribution in [0.25, 0.3) is 0 Å². The molecular weight excluding hydrogens is 188 g/mol. The first-order valence-electron chi connectivity index (χ1n) is 4.14. The van der Waals surface area contributed by atoms with E-state index >= 15 is 0 Å². The van der Waals surface area contributed by atoms with Crippen LogP contribution in [0, 0.1) is 0 Å². The Balaban J connectivity index is 4.90. The third-order valence-corrected chi connectivity index (χ3v) is 3.09. The molecule has 0 radical (unpaired) electrons. The van der Waals surface area contributed by atoms with Gasteiger partial charge in [-0.15, -0.1) is 0 Å². The molecule has 0 aromatic rings. The van der Waals surface area contributed by atoms with Crippen molar-refractivity contribution >= 4 is 18.6 Å². The highest BCUT2D eigenvalue weighted by molar-refractivity contribution is 7.81. The molecule has 0 heterocycles. The second kappa shape index (κ2) is 4.30. The maximum absolute atomic E-state index is 11.1. The van der Waals surface area contributed by atoms with Crippen molar-refractivity contribution in [2.24, 2.45) is 5.73 Å². The van der Waals surface area contributed by atoms with E-state index in [1.165, 1.54) is 0 Å². The molecule has 4 nitrogen and oxygen atoms in total. The van der Waals surface area contributed by atoms with E-state index in [4.69, 9.17) is 10.8 Å². The summed E-state index contributed by atoms with van der Waals surface area (Å²) >= 11 is 4.17. The van der Waals surface area contributed by atoms with Crippen molar-refractivity contribution in [3.63, 3.8) is 0 Å². The summed E-state index contributed by atoms with van der Waals surface area (Å²) in [5, 5.41) is 8.79. The molecule has 0 aliphatic rings. The number of thiol groups is 1. The van der Waals surface area contributed by atoms with Gasteiger partial charge in [-0.3, -0.25) is 9.69 Å². The average molecular weight is 206 g/mol. The van der Waals surface area contributed by atoms with E-state index < -0.39 is 11.5 Å². The van der Waals surface area contributed by atoms with E-state index in [0.29, 0.717) is 0 Å². The third kappa shape index (κ3) is 2.36. The first kappa shape index (κ1) is 12.7. The van der Waals surface area contributed by atoms with Crippen LogP contribution in [0.2, 0.25) is 0 Å². The maximum atomic E-state index is 11.1. The molecule has 0 amide bonds. The van der Waals surface area contributed by atoms with E-state index in [9.17, 15) is 4.79 Å². The molecule has 0 saturated heterocycles. The molecule has 0 aliphatic carbocycles. The first-order chi connectivity index (χ1) is 5.74. The predicted octanol–water partition coefficient (Wildman–Crippen LogP) is 0.385. The maximum Gasteiger partial charge on any atom is 0.325 e. The summed E-state index contributed by atoms with van der Waals surface area (Å²) in [5.41, 5.74) is 4.60. The Hall–Kier alpha value is -0.260. The lowest BCUT2D eigenvalue weighted by molar-refractivity contribution is -0.150. The topological polar surface area (TPSA) is 66.6 Å². The van der Waals surface area contributed by atoms with Gasteiger partial charge >= 0.3 is 5.97 Å². The van der Waals surface area contributed by atoms with Crippen LogP contribution in [0.1, 0.15) is 20.8 Å². The number of nitrogens with zero attached hydrogens (tertiary/aromatic N) is 1. The molecular formula is C8H18N2O2S. The highest BCUT2D eigenvalue weighted by Crippen LogP contribution is 2.23. The fourth-order valence-electron chi connectivity index (χ4n) is 1.05. The lowest BCUT2D eigenvalue weighted by atomic mass is 9.96. The van der Waals surface area contributed by atoms with Crippen LogP contribution in [-0.2, 0) is 4.79 Å². The summed E-state index contributed by atoms with van der Waals surface area (Å²) in [6.45, 7) is 5.11. The van der Waals surface area contributed by atoms with Crippen LogP contribution in [0.3, 0.4) is 0 Å². The Kier molecular flexibility index (Phi) is 4.22. The first-order valence-corrected chi connectivity index (χ1v) is 4.66. The normalized spacial score (nSPS) is 20.8. The van der Waals surface area contributed by atoms with Crippen molar-refractivity contribution in [2.75, 3.05) is 7.05 Å². The van der Waals surface area contributed by atoms with E-state index in [1.54, 1.807) is 32.7 Å². The number of hydrogen-bond donors (Lipinski definition) is 3. The molecule has 3 unspecified atom stereocenters. The Morgan fingerprint density at radius 2 is 2.00 bits per heavy atom. The minimum absolute atomic E-state index is 0.291. The Morgan fingerprint density at radius 3 is 2.08 bits per heavy atom. The van der Waals surface area contributed by atoms with Crippen molar-refractivity contribution in [3.8, 4) is 0 Å². The second-order valence-corrected chi connectivity index (χ2v) is 4.25. The van der Waals surface area contributed by atoms with E-state index in [-0.39, 0.29) is 11.4 Å². The molecule has 0 spiro atoms. The summed E-state index contributed by atoms with van der Waals surface area (Å²) in [6.07, 6.45) is -0.310. The second-order valence-electron chi connectivity index (χ2n) is 3.48. The highest BCUT2D eigenvalue weighted by Gasteiger charge is 2.42. The van der Waals surface area contributed by atoms with Gasteiger partial charge in [-0.2, -0.15) is 12.6 Å². The quantitative estimate of drug-likeness (QED) is 0.460. The van der Waals surface area contributed by atoms with Crippen molar-refractivity contribution in [1.29, 1.82) is 0 Å². The van der Waals surface area contributed by atoms with E-state index in [1.807, 2.05) is 0 Å². The summed E-state index contributed by atoms with van der Waals surface area (Å²) in [4.78, 5) is 12.7. The highest BCUT2D eigenvalue weighted by atomic mass is 32.1. The zero-order chi connectivity index (χ0) is 10.8. The fraction of sp³-hybridized carbons (Fsp3) is 0.875. The molecule has 0 aromatic carbocycles. The Labute approximate surface area is 84.5 Å². The molecule has 0 aliphatic heterocycles. The third-order valence-electron chi connectivity index (χ3n) is 2.59. The van der Waals surface area contributed by atoms with E-state index in [2.05, 4.69) is 12.6 Å². The summed E-state index contributed by atoms with van der Waals surface area (Å²) in [7, 11) is 1.69. The Bertz CT molecular complexity index is 197. The standard InChI is InChI=1S/C8H18N2O2S/c1-5(13)8(3,7(11)12)10(4)6(2)9/h5-6,13H,9H2,1-4H3,(H,11,12). The van der Waals surface area contributed by atoms with Gasteiger partial charge in [0.25, 0.3) is 0 Å². The summed E-state index contributed by atoms with van der Waals surface area (Å²) < 4.78 is 0. The molecule has 78 valence electrons. The smallest absolute Gasteiger partial charge is 0.325 e. The number of rotatable bonds is 4. The van der Waals surface area contributed by atoms with Crippen LogP contribution in [0.4, 0.5) is 0 Å². The molecule has 0 aromatic heterocycles. The van der Waals surface area contributed by atoms with Gasteiger partial charge in [0.2, 0.25) is 0 Å². The predicted molar refractivity (Wildman–Crippen MR) is 55.9 cm³/mol. The van der Waals surface area contributed by atoms with Crippen LogP contribution in [-0.4, -0.2) is 40.0 Å². The number of likely N-dealkylation sites (N-methyl/N-ethyl adjacent to an activating group) is 1. The zero-order valence-corrected chi connectivity index (χ0v) is 9.38. The molecule has 5 heteroatoms. The zero-order valence-electron chi connectivity index (χ0n) is 8.48. The van der Waals surface area contributed by atoms with E-state index in [0.717, 1.165) is 0 Å². The van der Waals surface area contributed by atoms with Crippen molar-refractivity contribution in [1.82, 2.24) is 4.90 Å². The van der Waals surface area contributed by atoms with Gasteiger partial charge in [-0.1, -0.05) is 6.92 Å². The molecule has 0 bridgehead atoms. The average Bonchev–Trinajstić information content (AvgIpc) is 2.00. The van der Waals surface area contributed by atoms with Crippen molar-refractivity contribution in [3.05, 3.63) is 0 Å². The number of hydrogen-bond acceptors (Lipinski definition) is 4. The van der Waals surface area contributed by atoms with Crippen molar-refractivity contribution in [2.45, 2.75) is 37.7 Å².